The first-order valence-electron chi connectivity index (χ1n) is 7.18. The summed E-state index contributed by atoms with van der Waals surface area (Å²) in [6.07, 6.45) is 2.11. The predicted octanol–water partition coefficient (Wildman–Crippen LogP) is 2.31. The molecule has 1 aliphatic heterocycles. The van der Waals surface area contributed by atoms with Crippen LogP contribution in [0.15, 0.2) is 24.3 Å². The lowest BCUT2D eigenvalue weighted by Crippen LogP contribution is -2.51. The predicted molar refractivity (Wildman–Crippen MR) is 78.1 cm³/mol. The molecule has 1 aromatic carbocycles. The van der Waals surface area contributed by atoms with Gasteiger partial charge in [0.1, 0.15) is 5.82 Å². The van der Waals surface area contributed by atoms with E-state index >= 15 is 0 Å². The SMILES string of the molecule is CNC1CCCN(C(=O)C(C)(C)c2cccc(F)c2)C1. The maximum Gasteiger partial charge on any atom is 0.232 e. The first-order chi connectivity index (χ1) is 9.45. The molecule has 110 valence electrons. The Morgan fingerprint density at radius 2 is 2.20 bits per heavy atom. The Kier molecular flexibility index (Phi) is 4.43. The number of rotatable bonds is 3. The van der Waals surface area contributed by atoms with Crippen molar-refractivity contribution in [3.63, 3.8) is 0 Å². The molecule has 0 radical (unpaired) electrons. The van der Waals surface area contributed by atoms with Crippen molar-refractivity contribution in [2.45, 2.75) is 38.1 Å². The monoisotopic (exact) mass is 278 g/mol. The van der Waals surface area contributed by atoms with Gasteiger partial charge in [0, 0.05) is 19.1 Å². The van der Waals surface area contributed by atoms with E-state index in [0.717, 1.165) is 31.5 Å². The lowest BCUT2D eigenvalue weighted by molar-refractivity contribution is -0.137. The van der Waals surface area contributed by atoms with E-state index in [1.807, 2.05) is 31.9 Å². The Balaban J connectivity index is 2.18. The number of hydrogen-bond donors (Lipinski definition) is 1. The largest absolute Gasteiger partial charge is 0.340 e. The van der Waals surface area contributed by atoms with Gasteiger partial charge in [-0.1, -0.05) is 12.1 Å². The molecule has 0 aliphatic carbocycles. The zero-order valence-corrected chi connectivity index (χ0v) is 12.4. The molecule has 1 fully saturated rings. The Labute approximate surface area is 120 Å². The van der Waals surface area contributed by atoms with E-state index in [4.69, 9.17) is 0 Å². The molecule has 2 rings (SSSR count). The third-order valence-electron chi connectivity index (χ3n) is 4.20. The van der Waals surface area contributed by atoms with Crippen molar-refractivity contribution in [1.82, 2.24) is 10.2 Å². The molecule has 4 heteroatoms. The van der Waals surface area contributed by atoms with Gasteiger partial charge in [-0.25, -0.2) is 4.39 Å². The molecule has 1 unspecified atom stereocenters. The molecular weight excluding hydrogens is 255 g/mol. The highest BCUT2D eigenvalue weighted by Gasteiger charge is 2.35. The van der Waals surface area contributed by atoms with Gasteiger partial charge in [0.25, 0.3) is 0 Å². The van der Waals surface area contributed by atoms with E-state index < -0.39 is 5.41 Å². The van der Waals surface area contributed by atoms with Crippen LogP contribution in [-0.2, 0) is 10.2 Å². The first kappa shape index (κ1) is 15.0. The lowest BCUT2D eigenvalue weighted by Gasteiger charge is -2.37. The van der Waals surface area contributed by atoms with Crippen LogP contribution >= 0.6 is 0 Å². The quantitative estimate of drug-likeness (QED) is 0.920. The van der Waals surface area contributed by atoms with Crippen molar-refractivity contribution in [3.05, 3.63) is 35.6 Å². The third kappa shape index (κ3) is 3.01. The fourth-order valence-electron chi connectivity index (χ4n) is 2.79. The number of halogens is 1. The summed E-state index contributed by atoms with van der Waals surface area (Å²) < 4.78 is 13.4. The van der Waals surface area contributed by atoms with Gasteiger partial charge in [0.05, 0.1) is 5.41 Å². The van der Waals surface area contributed by atoms with E-state index in [-0.39, 0.29) is 11.7 Å². The van der Waals surface area contributed by atoms with Crippen molar-refractivity contribution >= 4 is 5.91 Å². The summed E-state index contributed by atoms with van der Waals surface area (Å²) in [4.78, 5) is 14.7. The highest BCUT2D eigenvalue weighted by atomic mass is 19.1. The number of benzene rings is 1. The van der Waals surface area contributed by atoms with Crippen molar-refractivity contribution in [2.75, 3.05) is 20.1 Å². The highest BCUT2D eigenvalue weighted by Crippen LogP contribution is 2.27. The molecule has 1 heterocycles. The third-order valence-corrected chi connectivity index (χ3v) is 4.20. The number of nitrogens with one attached hydrogen (secondary N) is 1. The van der Waals surface area contributed by atoms with Gasteiger partial charge in [-0.15, -0.1) is 0 Å². The van der Waals surface area contributed by atoms with Gasteiger partial charge < -0.3 is 10.2 Å². The van der Waals surface area contributed by atoms with Gasteiger partial charge >= 0.3 is 0 Å². The van der Waals surface area contributed by atoms with Gasteiger partial charge in [-0.05, 0) is 51.4 Å². The van der Waals surface area contributed by atoms with Crippen molar-refractivity contribution in [1.29, 1.82) is 0 Å². The van der Waals surface area contributed by atoms with Crippen LogP contribution in [0.3, 0.4) is 0 Å². The van der Waals surface area contributed by atoms with Crippen LogP contribution in [-0.4, -0.2) is 37.0 Å². The average molecular weight is 278 g/mol. The molecular formula is C16H23FN2O. The van der Waals surface area contributed by atoms with Gasteiger partial charge in [0.2, 0.25) is 5.91 Å². The van der Waals surface area contributed by atoms with E-state index in [9.17, 15) is 9.18 Å². The molecule has 20 heavy (non-hydrogen) atoms. The summed E-state index contributed by atoms with van der Waals surface area (Å²) >= 11 is 0. The van der Waals surface area contributed by atoms with Crippen LogP contribution in [0.4, 0.5) is 4.39 Å². The van der Waals surface area contributed by atoms with Crippen molar-refractivity contribution < 1.29 is 9.18 Å². The first-order valence-corrected chi connectivity index (χ1v) is 7.18. The lowest BCUT2D eigenvalue weighted by atomic mass is 9.82. The van der Waals surface area contributed by atoms with E-state index in [1.54, 1.807) is 6.07 Å². The molecule has 1 aliphatic rings. The second kappa shape index (κ2) is 5.92. The summed E-state index contributed by atoms with van der Waals surface area (Å²) in [5.41, 5.74) is 0.0339. The van der Waals surface area contributed by atoms with Crippen LogP contribution < -0.4 is 5.32 Å². The molecule has 1 amide bonds. The van der Waals surface area contributed by atoms with Crippen LogP contribution in [0.1, 0.15) is 32.3 Å². The molecule has 0 saturated carbocycles. The number of likely N-dealkylation sites (tertiary alicyclic amines) is 1. The number of carbonyl (C=O) groups is 1. The maximum atomic E-state index is 13.4. The Hall–Kier alpha value is -1.42. The van der Waals surface area contributed by atoms with E-state index in [0.29, 0.717) is 6.04 Å². The van der Waals surface area contributed by atoms with Crippen molar-refractivity contribution in [3.8, 4) is 0 Å². The summed E-state index contributed by atoms with van der Waals surface area (Å²) in [6.45, 7) is 5.25. The maximum absolute atomic E-state index is 13.4. The molecule has 0 spiro atoms. The zero-order valence-electron chi connectivity index (χ0n) is 12.4. The number of piperidine rings is 1. The molecule has 1 saturated heterocycles. The Morgan fingerprint density at radius 1 is 1.45 bits per heavy atom. The second-order valence-electron chi connectivity index (χ2n) is 6.01. The molecule has 0 aromatic heterocycles. The Morgan fingerprint density at radius 3 is 2.85 bits per heavy atom. The number of amides is 1. The Bertz CT molecular complexity index is 487. The summed E-state index contributed by atoms with van der Waals surface area (Å²) in [5, 5.41) is 3.24. The summed E-state index contributed by atoms with van der Waals surface area (Å²) in [6, 6.07) is 6.70. The molecule has 1 aromatic rings. The number of likely N-dealkylation sites (N-methyl/N-ethyl adjacent to an activating group) is 1. The van der Waals surface area contributed by atoms with E-state index in [1.165, 1.54) is 12.1 Å². The van der Waals surface area contributed by atoms with Gasteiger partial charge in [-0.3, -0.25) is 4.79 Å². The number of nitrogens with zero attached hydrogens (tertiary/aromatic N) is 1. The topological polar surface area (TPSA) is 32.3 Å². The second-order valence-corrected chi connectivity index (χ2v) is 6.01. The average Bonchev–Trinajstić information content (AvgIpc) is 2.46. The van der Waals surface area contributed by atoms with Crippen LogP contribution in [0.2, 0.25) is 0 Å². The highest BCUT2D eigenvalue weighted by molar-refractivity contribution is 5.87. The normalized spacial score (nSPS) is 20.0. The van der Waals surface area contributed by atoms with Crippen LogP contribution in [0, 0.1) is 5.82 Å². The van der Waals surface area contributed by atoms with E-state index in [2.05, 4.69) is 5.32 Å². The van der Waals surface area contributed by atoms with Gasteiger partial charge in [0.15, 0.2) is 0 Å². The van der Waals surface area contributed by atoms with Crippen molar-refractivity contribution in [2.24, 2.45) is 0 Å². The van der Waals surface area contributed by atoms with Gasteiger partial charge in [-0.2, -0.15) is 0 Å². The minimum atomic E-state index is -0.697. The minimum absolute atomic E-state index is 0.0723. The molecule has 1 N–H and O–H groups in total. The molecule has 1 atom stereocenters. The number of hydrogen-bond acceptors (Lipinski definition) is 2. The summed E-state index contributed by atoms with van der Waals surface area (Å²) in [7, 11) is 1.93. The fraction of sp³-hybridized carbons (Fsp3) is 0.562. The standard InChI is InChI=1S/C16H23FN2O/c1-16(2,12-6-4-7-13(17)10-12)15(20)19-9-5-8-14(11-19)18-3/h4,6-7,10,14,18H,5,8-9,11H2,1-3H3. The minimum Gasteiger partial charge on any atom is -0.340 e. The molecule has 0 bridgehead atoms. The number of carbonyl (C=O) groups excluding carboxylic acids is 1. The van der Waals surface area contributed by atoms with Crippen LogP contribution in [0.5, 0.6) is 0 Å². The molecule has 3 nitrogen and oxygen atoms in total. The van der Waals surface area contributed by atoms with Crippen LogP contribution in [0.25, 0.3) is 0 Å². The fourth-order valence-corrected chi connectivity index (χ4v) is 2.79. The zero-order chi connectivity index (χ0) is 14.8. The smallest absolute Gasteiger partial charge is 0.232 e. The summed E-state index contributed by atoms with van der Waals surface area (Å²) in [5.74, 6) is -0.224.